The van der Waals surface area contributed by atoms with Crippen LogP contribution in [-0.4, -0.2) is 39.2 Å². The van der Waals surface area contributed by atoms with Crippen LogP contribution in [0, 0.1) is 0 Å². The Morgan fingerprint density at radius 2 is 1.81 bits per heavy atom. The van der Waals surface area contributed by atoms with Crippen molar-refractivity contribution in [2.45, 2.75) is 89.0 Å². The van der Waals surface area contributed by atoms with Crippen molar-refractivity contribution in [2.24, 2.45) is 0 Å². The quantitative estimate of drug-likeness (QED) is 0.587. The minimum Gasteiger partial charge on any atom is -0.414 e. The van der Waals surface area contributed by atoms with Crippen LogP contribution in [-0.2, 0) is 18.7 Å². The molecule has 1 saturated carbocycles. The molecule has 1 aliphatic carbocycles. The lowest BCUT2D eigenvalue weighted by Crippen LogP contribution is -2.44. The zero-order chi connectivity index (χ0) is 15.7. The van der Waals surface area contributed by atoms with Crippen LogP contribution in [0.3, 0.4) is 0 Å². The van der Waals surface area contributed by atoms with Crippen molar-refractivity contribution in [3.8, 4) is 0 Å². The first-order valence-corrected chi connectivity index (χ1v) is 11.0. The van der Waals surface area contributed by atoms with Gasteiger partial charge >= 0.3 is 0 Å². The third-order valence-electron chi connectivity index (χ3n) is 5.25. The van der Waals surface area contributed by atoms with Gasteiger partial charge in [-0.3, -0.25) is 0 Å². The molecule has 1 saturated heterocycles. The first kappa shape index (κ1) is 17.1. The molecule has 0 N–H and O–H groups in total. The second-order valence-electron chi connectivity index (χ2n) is 7.92. The standard InChI is InChI=1S/C16H30O4Si/c1-15(2,3)21(4,5)18-12-14-13(11-17)19-16(20-14)9-7-6-8-10-16/h11,13-14H,6-10,12H2,1-5H3/t13-,14+/m0/s1. The minimum atomic E-state index is -1.83. The van der Waals surface area contributed by atoms with Crippen LogP contribution >= 0.6 is 0 Å². The fourth-order valence-corrected chi connectivity index (χ4v) is 3.79. The van der Waals surface area contributed by atoms with Crippen LogP contribution in [0.2, 0.25) is 18.1 Å². The van der Waals surface area contributed by atoms with Gasteiger partial charge in [0.25, 0.3) is 0 Å². The average Bonchev–Trinajstić information content (AvgIpc) is 2.74. The Morgan fingerprint density at radius 1 is 1.19 bits per heavy atom. The van der Waals surface area contributed by atoms with Crippen molar-refractivity contribution in [1.29, 1.82) is 0 Å². The normalized spacial score (nSPS) is 29.8. The van der Waals surface area contributed by atoms with Crippen molar-refractivity contribution in [3.05, 3.63) is 0 Å². The zero-order valence-corrected chi connectivity index (χ0v) is 15.1. The molecule has 4 nitrogen and oxygen atoms in total. The Hall–Kier alpha value is -0.233. The summed E-state index contributed by atoms with van der Waals surface area (Å²) in [6.07, 6.45) is 5.39. The van der Waals surface area contributed by atoms with E-state index in [1.54, 1.807) is 0 Å². The molecule has 0 unspecified atom stereocenters. The fourth-order valence-electron chi connectivity index (χ4n) is 2.77. The molecular weight excluding hydrogens is 284 g/mol. The number of aldehydes is 1. The van der Waals surface area contributed by atoms with Crippen molar-refractivity contribution < 1.29 is 18.7 Å². The number of carbonyl (C=O) groups is 1. The van der Waals surface area contributed by atoms with E-state index < -0.39 is 20.2 Å². The predicted molar refractivity (Wildman–Crippen MR) is 84.8 cm³/mol. The number of hydrogen-bond acceptors (Lipinski definition) is 4. The van der Waals surface area contributed by atoms with Gasteiger partial charge in [-0.2, -0.15) is 0 Å². The summed E-state index contributed by atoms with van der Waals surface area (Å²) < 4.78 is 18.3. The van der Waals surface area contributed by atoms with Gasteiger partial charge in [-0.05, 0) is 31.0 Å². The van der Waals surface area contributed by atoms with Gasteiger partial charge in [0.05, 0.1) is 6.61 Å². The Balaban J connectivity index is 1.98. The van der Waals surface area contributed by atoms with Gasteiger partial charge in [0.15, 0.2) is 20.4 Å². The summed E-state index contributed by atoms with van der Waals surface area (Å²) in [7, 11) is -1.83. The van der Waals surface area contributed by atoms with E-state index in [4.69, 9.17) is 13.9 Å². The van der Waals surface area contributed by atoms with Gasteiger partial charge in [0, 0.05) is 12.8 Å². The molecule has 2 aliphatic rings. The van der Waals surface area contributed by atoms with E-state index in [2.05, 4.69) is 33.9 Å². The summed E-state index contributed by atoms with van der Waals surface area (Å²) in [6.45, 7) is 11.5. The smallest absolute Gasteiger partial charge is 0.192 e. The first-order valence-electron chi connectivity index (χ1n) is 8.14. The Morgan fingerprint density at radius 3 is 2.33 bits per heavy atom. The summed E-state index contributed by atoms with van der Waals surface area (Å²) in [5.41, 5.74) is 0. The average molecular weight is 314 g/mol. The van der Waals surface area contributed by atoms with Crippen LogP contribution < -0.4 is 0 Å². The number of ether oxygens (including phenoxy) is 2. The third-order valence-corrected chi connectivity index (χ3v) is 9.75. The molecule has 1 aliphatic heterocycles. The molecule has 21 heavy (non-hydrogen) atoms. The highest BCUT2D eigenvalue weighted by Crippen LogP contribution is 2.41. The van der Waals surface area contributed by atoms with Gasteiger partial charge in [-0.15, -0.1) is 0 Å². The summed E-state index contributed by atoms with van der Waals surface area (Å²) >= 11 is 0. The second kappa shape index (κ2) is 6.11. The molecule has 0 aromatic rings. The first-order chi connectivity index (χ1) is 9.69. The van der Waals surface area contributed by atoms with Crippen LogP contribution in [0.4, 0.5) is 0 Å². The minimum absolute atomic E-state index is 0.158. The Labute approximate surface area is 129 Å². The molecule has 1 spiro atoms. The molecule has 0 radical (unpaired) electrons. The topological polar surface area (TPSA) is 44.8 Å². The molecule has 5 heteroatoms. The molecule has 0 amide bonds. The molecule has 1 heterocycles. The van der Waals surface area contributed by atoms with E-state index in [9.17, 15) is 4.79 Å². The van der Waals surface area contributed by atoms with E-state index >= 15 is 0 Å². The molecule has 0 aromatic heterocycles. The molecular formula is C16H30O4Si. The highest BCUT2D eigenvalue weighted by atomic mass is 28.4. The van der Waals surface area contributed by atoms with Gasteiger partial charge in [-0.1, -0.05) is 27.2 Å². The molecule has 0 aromatic carbocycles. The predicted octanol–water partition coefficient (Wildman–Crippen LogP) is 3.65. The maximum absolute atomic E-state index is 11.3. The van der Waals surface area contributed by atoms with Gasteiger partial charge in [0.2, 0.25) is 0 Å². The number of rotatable bonds is 4. The monoisotopic (exact) mass is 314 g/mol. The van der Waals surface area contributed by atoms with E-state index in [1.165, 1.54) is 6.42 Å². The van der Waals surface area contributed by atoms with Gasteiger partial charge in [0.1, 0.15) is 12.2 Å². The van der Waals surface area contributed by atoms with Crippen LogP contribution in [0.5, 0.6) is 0 Å². The maximum Gasteiger partial charge on any atom is 0.192 e. The van der Waals surface area contributed by atoms with Crippen molar-refractivity contribution >= 4 is 14.6 Å². The highest BCUT2D eigenvalue weighted by Gasteiger charge is 2.49. The van der Waals surface area contributed by atoms with Crippen molar-refractivity contribution in [3.63, 3.8) is 0 Å². The molecule has 2 atom stereocenters. The lowest BCUT2D eigenvalue weighted by atomic mass is 9.94. The molecule has 2 fully saturated rings. The Bertz CT molecular complexity index is 369. The van der Waals surface area contributed by atoms with Gasteiger partial charge in [-0.25, -0.2) is 0 Å². The SMILES string of the molecule is CC(C)(C)[Si](C)(C)OC[C@H]1OC2(CCCCC2)O[C@H]1C=O. The fraction of sp³-hybridized carbons (Fsp3) is 0.938. The molecule has 122 valence electrons. The van der Waals surface area contributed by atoms with Gasteiger partial charge < -0.3 is 18.7 Å². The second-order valence-corrected chi connectivity index (χ2v) is 12.7. The summed E-state index contributed by atoms with van der Waals surface area (Å²) in [5, 5.41) is 0.158. The van der Waals surface area contributed by atoms with Crippen LogP contribution in [0.1, 0.15) is 52.9 Å². The highest BCUT2D eigenvalue weighted by molar-refractivity contribution is 6.74. The van der Waals surface area contributed by atoms with Crippen LogP contribution in [0.15, 0.2) is 0 Å². The molecule has 2 rings (SSSR count). The Kier molecular flexibility index (Phi) is 4.98. The lowest BCUT2D eigenvalue weighted by Gasteiger charge is -2.37. The van der Waals surface area contributed by atoms with Crippen molar-refractivity contribution in [1.82, 2.24) is 0 Å². The third kappa shape index (κ3) is 3.75. The lowest BCUT2D eigenvalue weighted by molar-refractivity contribution is -0.195. The summed E-state index contributed by atoms with van der Waals surface area (Å²) in [4.78, 5) is 11.3. The van der Waals surface area contributed by atoms with E-state index in [-0.39, 0.29) is 11.1 Å². The number of carbonyl (C=O) groups excluding carboxylic acids is 1. The van der Waals surface area contributed by atoms with E-state index in [1.807, 2.05) is 0 Å². The van der Waals surface area contributed by atoms with E-state index in [0.717, 1.165) is 32.0 Å². The number of hydrogen-bond donors (Lipinski definition) is 0. The summed E-state index contributed by atoms with van der Waals surface area (Å²) in [6, 6.07) is 0. The maximum atomic E-state index is 11.3. The molecule has 0 bridgehead atoms. The summed E-state index contributed by atoms with van der Waals surface area (Å²) in [5.74, 6) is -0.523. The zero-order valence-electron chi connectivity index (χ0n) is 14.1. The largest absolute Gasteiger partial charge is 0.414 e. The van der Waals surface area contributed by atoms with Crippen molar-refractivity contribution in [2.75, 3.05) is 6.61 Å². The van der Waals surface area contributed by atoms with Crippen LogP contribution in [0.25, 0.3) is 0 Å². The van der Waals surface area contributed by atoms with E-state index in [0.29, 0.717) is 6.61 Å².